The van der Waals surface area contributed by atoms with Crippen LogP contribution < -0.4 is 9.47 Å². The first-order chi connectivity index (χ1) is 18.0. The van der Waals surface area contributed by atoms with E-state index in [1.165, 1.54) is 15.6 Å². The van der Waals surface area contributed by atoms with Crippen molar-refractivity contribution in [3.63, 3.8) is 0 Å². The molecule has 0 bridgehead atoms. The maximum atomic E-state index is 13.3. The minimum Gasteiger partial charge on any atom is -0.487 e. The fourth-order valence-corrected chi connectivity index (χ4v) is 6.16. The van der Waals surface area contributed by atoms with E-state index in [1.54, 1.807) is 11.3 Å². The van der Waals surface area contributed by atoms with Gasteiger partial charge in [-0.3, -0.25) is 9.48 Å². The van der Waals surface area contributed by atoms with E-state index in [2.05, 4.69) is 46.9 Å². The van der Waals surface area contributed by atoms with Crippen molar-refractivity contribution in [2.45, 2.75) is 45.9 Å². The number of rotatable bonds is 6. The summed E-state index contributed by atoms with van der Waals surface area (Å²) in [5.74, 6) is 1.57. The Morgan fingerprint density at radius 3 is 2.89 bits per heavy atom. The third kappa shape index (κ3) is 4.95. The van der Waals surface area contributed by atoms with Gasteiger partial charge in [-0.1, -0.05) is 18.2 Å². The van der Waals surface area contributed by atoms with Gasteiger partial charge in [0, 0.05) is 52.8 Å². The predicted octanol–water partition coefficient (Wildman–Crippen LogP) is 5.36. The minimum absolute atomic E-state index is 0.00363. The highest BCUT2D eigenvalue weighted by Crippen LogP contribution is 2.42. The fraction of sp³-hybridized carbons (Fsp3) is 0.379. The predicted molar refractivity (Wildman–Crippen MR) is 144 cm³/mol. The third-order valence-electron chi connectivity index (χ3n) is 7.07. The summed E-state index contributed by atoms with van der Waals surface area (Å²) < 4.78 is 21.4. The zero-order valence-electron chi connectivity index (χ0n) is 21.2. The topological polar surface area (TPSA) is 65.8 Å². The van der Waals surface area contributed by atoms with Crippen LogP contribution >= 0.6 is 11.3 Å². The van der Waals surface area contributed by atoms with Crippen molar-refractivity contribution in [2.75, 3.05) is 26.4 Å². The number of nitrogens with zero attached hydrogens (tertiary/aromatic N) is 3. The number of aromatic nitrogens is 2. The summed E-state index contributed by atoms with van der Waals surface area (Å²) in [4.78, 5) is 15.2. The molecule has 0 spiro atoms. The maximum Gasteiger partial charge on any atom is 0.224 e. The Balaban J connectivity index is 1.31. The summed E-state index contributed by atoms with van der Waals surface area (Å²) in [6.07, 6.45) is 1.26. The summed E-state index contributed by atoms with van der Waals surface area (Å²) in [5, 5.41) is 7.92. The van der Waals surface area contributed by atoms with Gasteiger partial charge in [0.25, 0.3) is 0 Å². The van der Waals surface area contributed by atoms with E-state index in [0.29, 0.717) is 45.9 Å². The minimum atomic E-state index is 0.00363. The molecule has 2 aromatic heterocycles. The second-order valence-electron chi connectivity index (χ2n) is 9.78. The van der Waals surface area contributed by atoms with Crippen molar-refractivity contribution in [3.8, 4) is 22.6 Å². The molecule has 37 heavy (non-hydrogen) atoms. The van der Waals surface area contributed by atoms with Crippen LogP contribution in [0.25, 0.3) is 21.2 Å². The van der Waals surface area contributed by atoms with Gasteiger partial charge in [-0.15, -0.1) is 11.3 Å². The average Bonchev–Trinajstić information content (AvgIpc) is 3.59. The lowest BCUT2D eigenvalue weighted by Gasteiger charge is -2.21. The molecule has 1 saturated heterocycles. The Morgan fingerprint density at radius 2 is 2.08 bits per heavy atom. The van der Waals surface area contributed by atoms with Crippen molar-refractivity contribution < 1.29 is 19.0 Å². The van der Waals surface area contributed by atoms with Gasteiger partial charge in [0.2, 0.25) is 5.91 Å². The van der Waals surface area contributed by atoms with Gasteiger partial charge < -0.3 is 19.1 Å². The van der Waals surface area contributed by atoms with Crippen LogP contribution in [0.4, 0.5) is 0 Å². The molecule has 4 heterocycles. The molecule has 2 aliphatic heterocycles. The molecular formula is C29H31N3O4S. The SMILES string of the molecule is Cc1cc(C)n(CCC(=O)N2CCOc3c(cc(-c4csc5ccccc45)cc3O[C@@H]3CCOC3)C2)n1. The number of amides is 1. The van der Waals surface area contributed by atoms with Gasteiger partial charge in [0.1, 0.15) is 12.7 Å². The summed E-state index contributed by atoms with van der Waals surface area (Å²) in [7, 11) is 0. The van der Waals surface area contributed by atoms with E-state index >= 15 is 0 Å². The van der Waals surface area contributed by atoms with E-state index in [-0.39, 0.29) is 12.0 Å². The molecule has 8 heteroatoms. The van der Waals surface area contributed by atoms with E-state index in [0.717, 1.165) is 40.4 Å². The third-order valence-corrected chi connectivity index (χ3v) is 8.03. The lowest BCUT2D eigenvalue weighted by atomic mass is 10.0. The standard InChI is InChI=1S/C29H31N3O4S/c1-19-13-20(2)32(30-19)9-7-28(33)31-10-12-35-29-22(16-31)14-21(15-26(29)36-23-8-11-34-17-23)25-18-37-27-6-4-3-5-24(25)27/h3-6,13-15,18,23H,7-12,16-17H2,1-2H3/t23-/m1/s1. The molecule has 0 N–H and O–H groups in total. The number of hydrogen-bond donors (Lipinski definition) is 0. The van der Waals surface area contributed by atoms with E-state index in [4.69, 9.17) is 14.2 Å². The van der Waals surface area contributed by atoms with Gasteiger partial charge in [-0.2, -0.15) is 5.10 Å². The van der Waals surface area contributed by atoms with Crippen molar-refractivity contribution in [3.05, 3.63) is 64.8 Å². The average molecular weight is 518 g/mol. The molecular weight excluding hydrogens is 486 g/mol. The largest absolute Gasteiger partial charge is 0.487 e. The first-order valence-electron chi connectivity index (χ1n) is 12.8. The van der Waals surface area contributed by atoms with Crippen LogP contribution in [0.1, 0.15) is 29.8 Å². The normalized spacial score (nSPS) is 17.5. The molecule has 2 aromatic carbocycles. The summed E-state index contributed by atoms with van der Waals surface area (Å²) in [6, 6.07) is 14.7. The van der Waals surface area contributed by atoms with Gasteiger partial charge in [-0.25, -0.2) is 0 Å². The zero-order chi connectivity index (χ0) is 25.4. The van der Waals surface area contributed by atoms with Crippen LogP contribution in [0.2, 0.25) is 0 Å². The number of ether oxygens (including phenoxy) is 3. The van der Waals surface area contributed by atoms with Crippen molar-refractivity contribution >= 4 is 27.3 Å². The Bertz CT molecular complexity index is 1440. The Hall–Kier alpha value is -3.36. The number of benzene rings is 2. The number of fused-ring (bicyclic) bond motifs is 2. The molecule has 2 aliphatic rings. The molecule has 1 fully saturated rings. The van der Waals surface area contributed by atoms with Crippen LogP contribution in [0.3, 0.4) is 0 Å². The fourth-order valence-electron chi connectivity index (χ4n) is 5.19. The summed E-state index contributed by atoms with van der Waals surface area (Å²) in [5.41, 5.74) is 5.25. The van der Waals surface area contributed by atoms with E-state index < -0.39 is 0 Å². The number of carbonyl (C=O) groups is 1. The second-order valence-corrected chi connectivity index (χ2v) is 10.7. The quantitative estimate of drug-likeness (QED) is 0.345. The number of thiophene rings is 1. The van der Waals surface area contributed by atoms with Crippen molar-refractivity contribution in [1.82, 2.24) is 14.7 Å². The molecule has 7 nitrogen and oxygen atoms in total. The first kappa shape index (κ1) is 24.0. The highest BCUT2D eigenvalue weighted by Gasteiger charge is 2.26. The molecule has 1 amide bonds. The molecule has 192 valence electrons. The Labute approximate surface area is 220 Å². The Morgan fingerprint density at radius 1 is 1.19 bits per heavy atom. The van der Waals surface area contributed by atoms with E-state index in [1.807, 2.05) is 29.5 Å². The second kappa shape index (κ2) is 10.2. The van der Waals surface area contributed by atoms with Crippen LogP contribution in [-0.4, -0.2) is 53.1 Å². The van der Waals surface area contributed by atoms with Crippen LogP contribution in [0.5, 0.6) is 11.5 Å². The van der Waals surface area contributed by atoms with Gasteiger partial charge in [0.15, 0.2) is 11.5 Å². The highest BCUT2D eigenvalue weighted by molar-refractivity contribution is 7.17. The summed E-state index contributed by atoms with van der Waals surface area (Å²) in [6.45, 7) is 7.30. The molecule has 1 atom stereocenters. The summed E-state index contributed by atoms with van der Waals surface area (Å²) >= 11 is 1.74. The zero-order valence-corrected chi connectivity index (χ0v) is 22.1. The van der Waals surface area contributed by atoms with E-state index in [9.17, 15) is 4.79 Å². The lowest BCUT2D eigenvalue weighted by Crippen LogP contribution is -2.33. The van der Waals surface area contributed by atoms with Gasteiger partial charge >= 0.3 is 0 Å². The number of aryl methyl sites for hydroxylation is 3. The first-order valence-corrected chi connectivity index (χ1v) is 13.7. The molecule has 4 aromatic rings. The molecule has 0 aliphatic carbocycles. The van der Waals surface area contributed by atoms with Crippen LogP contribution in [0, 0.1) is 13.8 Å². The highest BCUT2D eigenvalue weighted by atomic mass is 32.1. The molecule has 0 saturated carbocycles. The lowest BCUT2D eigenvalue weighted by molar-refractivity contribution is -0.132. The molecule has 6 rings (SSSR count). The maximum absolute atomic E-state index is 13.3. The molecule has 0 radical (unpaired) electrons. The van der Waals surface area contributed by atoms with Crippen molar-refractivity contribution in [1.29, 1.82) is 0 Å². The van der Waals surface area contributed by atoms with Crippen LogP contribution in [0.15, 0.2) is 47.8 Å². The molecule has 0 unspecified atom stereocenters. The smallest absolute Gasteiger partial charge is 0.224 e. The van der Waals surface area contributed by atoms with Gasteiger partial charge in [0.05, 0.1) is 25.5 Å². The monoisotopic (exact) mass is 517 g/mol. The number of hydrogen-bond acceptors (Lipinski definition) is 6. The van der Waals surface area contributed by atoms with Gasteiger partial charge in [-0.05, 0) is 49.1 Å². The van der Waals surface area contributed by atoms with Crippen molar-refractivity contribution in [2.24, 2.45) is 0 Å². The Kier molecular flexibility index (Phi) is 6.61. The number of carbonyl (C=O) groups excluding carboxylic acids is 1. The van der Waals surface area contributed by atoms with Crippen LogP contribution in [-0.2, 0) is 22.6 Å².